The first-order valence-corrected chi connectivity index (χ1v) is 8.13. The molecule has 1 N–H and O–H groups in total. The van der Waals surface area contributed by atoms with Crippen molar-refractivity contribution in [2.24, 2.45) is 0 Å². The third-order valence-electron chi connectivity index (χ3n) is 4.09. The van der Waals surface area contributed by atoms with Crippen LogP contribution in [0.2, 0.25) is 0 Å². The molecule has 4 aromatic rings. The Bertz CT molecular complexity index is 1040. The molecule has 0 aliphatic carbocycles. The number of pyridine rings is 1. The molecule has 1 heterocycles. The molecule has 3 heteroatoms. The van der Waals surface area contributed by atoms with Crippen LogP contribution in [0.25, 0.3) is 22.0 Å². The number of anilines is 1. The van der Waals surface area contributed by atoms with Gasteiger partial charge in [-0.1, -0.05) is 72.8 Å². The lowest BCUT2D eigenvalue weighted by atomic mass is 10.0. The number of benzene rings is 3. The molecule has 1 aromatic heterocycles. The van der Waals surface area contributed by atoms with E-state index >= 15 is 0 Å². The Hall–Kier alpha value is -3.46. The normalized spacial score (nSPS) is 10.6. The Morgan fingerprint density at radius 3 is 2.32 bits per heavy atom. The highest BCUT2D eigenvalue weighted by atomic mass is 16.1. The van der Waals surface area contributed by atoms with E-state index in [1.54, 1.807) is 6.07 Å². The van der Waals surface area contributed by atoms with Gasteiger partial charge in [0.05, 0.1) is 5.52 Å². The molecule has 0 aliphatic rings. The van der Waals surface area contributed by atoms with Gasteiger partial charge < -0.3 is 5.32 Å². The average Bonchev–Trinajstić information content (AvgIpc) is 2.68. The van der Waals surface area contributed by atoms with Crippen LogP contribution in [0.15, 0.2) is 91.0 Å². The fourth-order valence-electron chi connectivity index (χ4n) is 2.84. The van der Waals surface area contributed by atoms with E-state index in [-0.39, 0.29) is 5.91 Å². The van der Waals surface area contributed by atoms with Crippen LogP contribution in [0.1, 0.15) is 10.5 Å². The third kappa shape index (κ3) is 3.12. The molecular formula is C22H16N2O. The van der Waals surface area contributed by atoms with Gasteiger partial charge in [-0.15, -0.1) is 0 Å². The van der Waals surface area contributed by atoms with E-state index in [1.165, 1.54) is 0 Å². The van der Waals surface area contributed by atoms with Gasteiger partial charge in [0.2, 0.25) is 0 Å². The van der Waals surface area contributed by atoms with Crippen LogP contribution in [-0.4, -0.2) is 10.9 Å². The van der Waals surface area contributed by atoms with Gasteiger partial charge in [0.15, 0.2) is 0 Å². The molecule has 120 valence electrons. The van der Waals surface area contributed by atoms with Crippen molar-refractivity contribution in [2.75, 3.05) is 5.32 Å². The first-order chi connectivity index (χ1) is 12.3. The number of fused-ring (bicyclic) bond motifs is 1. The number of para-hydroxylation sites is 2. The summed E-state index contributed by atoms with van der Waals surface area (Å²) in [6, 6.07) is 29.2. The van der Waals surface area contributed by atoms with E-state index in [0.717, 1.165) is 27.7 Å². The quantitative estimate of drug-likeness (QED) is 0.566. The number of carbonyl (C=O) groups is 1. The predicted molar refractivity (Wildman–Crippen MR) is 102 cm³/mol. The highest BCUT2D eigenvalue weighted by molar-refractivity contribution is 6.06. The van der Waals surface area contributed by atoms with Crippen LogP contribution in [0.5, 0.6) is 0 Å². The largest absolute Gasteiger partial charge is 0.320 e. The molecular weight excluding hydrogens is 308 g/mol. The fourth-order valence-corrected chi connectivity index (χ4v) is 2.84. The van der Waals surface area contributed by atoms with Gasteiger partial charge in [0, 0.05) is 16.6 Å². The Balaban J connectivity index is 1.67. The molecule has 0 atom stereocenters. The lowest BCUT2D eigenvalue weighted by molar-refractivity contribution is 0.102. The molecule has 25 heavy (non-hydrogen) atoms. The molecule has 3 aromatic carbocycles. The lowest BCUT2D eigenvalue weighted by Gasteiger charge is -2.11. The fraction of sp³-hybridized carbons (Fsp3) is 0. The van der Waals surface area contributed by atoms with E-state index in [0.29, 0.717) is 5.69 Å². The maximum absolute atomic E-state index is 12.7. The molecule has 3 nitrogen and oxygen atoms in total. The van der Waals surface area contributed by atoms with Gasteiger partial charge in [-0.3, -0.25) is 4.79 Å². The Morgan fingerprint density at radius 2 is 1.44 bits per heavy atom. The number of hydrogen-bond acceptors (Lipinski definition) is 2. The van der Waals surface area contributed by atoms with Gasteiger partial charge >= 0.3 is 0 Å². The van der Waals surface area contributed by atoms with Gasteiger partial charge in [0.1, 0.15) is 5.69 Å². The first kappa shape index (κ1) is 15.1. The first-order valence-electron chi connectivity index (χ1n) is 8.13. The molecule has 0 bridgehead atoms. The summed E-state index contributed by atoms with van der Waals surface area (Å²) in [4.78, 5) is 17.1. The summed E-state index contributed by atoms with van der Waals surface area (Å²) in [7, 11) is 0. The van der Waals surface area contributed by atoms with Crippen LogP contribution in [-0.2, 0) is 0 Å². The maximum atomic E-state index is 12.7. The van der Waals surface area contributed by atoms with Crippen molar-refractivity contribution < 1.29 is 4.79 Å². The number of rotatable bonds is 3. The standard InChI is InChI=1S/C22H16N2O/c25-22(21-15-14-17-10-4-6-12-19(17)23-21)24-20-13-7-5-11-18(20)16-8-2-1-3-9-16/h1-15H,(H,24,25). The highest BCUT2D eigenvalue weighted by Gasteiger charge is 2.11. The monoisotopic (exact) mass is 324 g/mol. The van der Waals surface area contributed by atoms with Crippen LogP contribution < -0.4 is 5.32 Å². The highest BCUT2D eigenvalue weighted by Crippen LogP contribution is 2.27. The maximum Gasteiger partial charge on any atom is 0.274 e. The molecule has 0 fully saturated rings. The van der Waals surface area contributed by atoms with E-state index < -0.39 is 0 Å². The summed E-state index contributed by atoms with van der Waals surface area (Å²) in [6.07, 6.45) is 0. The number of hydrogen-bond donors (Lipinski definition) is 1. The Morgan fingerprint density at radius 1 is 0.720 bits per heavy atom. The second-order valence-electron chi connectivity index (χ2n) is 5.75. The molecule has 0 saturated heterocycles. The zero-order chi connectivity index (χ0) is 17.1. The number of nitrogens with one attached hydrogen (secondary N) is 1. The molecule has 0 unspecified atom stereocenters. The summed E-state index contributed by atoms with van der Waals surface area (Å²) < 4.78 is 0. The number of aromatic nitrogens is 1. The second kappa shape index (κ2) is 6.57. The van der Waals surface area contributed by atoms with Gasteiger partial charge in [0.25, 0.3) is 5.91 Å². The molecule has 0 spiro atoms. The van der Waals surface area contributed by atoms with Crippen molar-refractivity contribution >= 4 is 22.5 Å². The summed E-state index contributed by atoms with van der Waals surface area (Å²) in [6.45, 7) is 0. The van der Waals surface area contributed by atoms with Crippen LogP contribution in [0.4, 0.5) is 5.69 Å². The predicted octanol–water partition coefficient (Wildman–Crippen LogP) is 5.15. The summed E-state index contributed by atoms with van der Waals surface area (Å²) in [5, 5.41) is 4.01. The van der Waals surface area contributed by atoms with E-state index in [2.05, 4.69) is 10.3 Å². The van der Waals surface area contributed by atoms with E-state index in [1.807, 2.05) is 84.9 Å². The number of nitrogens with zero attached hydrogens (tertiary/aromatic N) is 1. The van der Waals surface area contributed by atoms with Gasteiger partial charge in [-0.2, -0.15) is 0 Å². The molecule has 0 radical (unpaired) electrons. The average molecular weight is 324 g/mol. The zero-order valence-electron chi connectivity index (χ0n) is 13.5. The zero-order valence-corrected chi connectivity index (χ0v) is 13.5. The van der Waals surface area contributed by atoms with Crippen molar-refractivity contribution in [3.63, 3.8) is 0 Å². The van der Waals surface area contributed by atoms with Crippen molar-refractivity contribution in [1.82, 2.24) is 4.98 Å². The minimum absolute atomic E-state index is 0.214. The van der Waals surface area contributed by atoms with E-state index in [9.17, 15) is 4.79 Å². The van der Waals surface area contributed by atoms with Crippen LogP contribution >= 0.6 is 0 Å². The van der Waals surface area contributed by atoms with Gasteiger partial charge in [-0.05, 0) is 23.8 Å². The topological polar surface area (TPSA) is 42.0 Å². The van der Waals surface area contributed by atoms with Crippen LogP contribution in [0.3, 0.4) is 0 Å². The van der Waals surface area contributed by atoms with Gasteiger partial charge in [-0.25, -0.2) is 4.98 Å². The minimum atomic E-state index is -0.214. The van der Waals surface area contributed by atoms with Crippen molar-refractivity contribution in [1.29, 1.82) is 0 Å². The summed E-state index contributed by atoms with van der Waals surface area (Å²) >= 11 is 0. The minimum Gasteiger partial charge on any atom is -0.320 e. The molecule has 0 aliphatic heterocycles. The Labute approximate surface area is 146 Å². The smallest absolute Gasteiger partial charge is 0.274 e. The lowest BCUT2D eigenvalue weighted by Crippen LogP contribution is -2.14. The summed E-state index contributed by atoms with van der Waals surface area (Å²) in [5.74, 6) is -0.214. The van der Waals surface area contributed by atoms with Crippen molar-refractivity contribution in [3.05, 3.63) is 96.7 Å². The number of carbonyl (C=O) groups excluding carboxylic acids is 1. The third-order valence-corrected chi connectivity index (χ3v) is 4.09. The SMILES string of the molecule is O=C(Nc1ccccc1-c1ccccc1)c1ccc2ccccc2n1. The van der Waals surface area contributed by atoms with Crippen molar-refractivity contribution in [3.8, 4) is 11.1 Å². The van der Waals surface area contributed by atoms with Crippen molar-refractivity contribution in [2.45, 2.75) is 0 Å². The molecule has 0 saturated carbocycles. The molecule has 1 amide bonds. The van der Waals surface area contributed by atoms with Crippen LogP contribution in [0, 0.1) is 0 Å². The molecule has 4 rings (SSSR count). The van der Waals surface area contributed by atoms with E-state index in [4.69, 9.17) is 0 Å². The summed E-state index contributed by atoms with van der Waals surface area (Å²) in [5.41, 5.74) is 4.03. The second-order valence-corrected chi connectivity index (χ2v) is 5.75. The number of amides is 1. The Kier molecular flexibility index (Phi) is 3.97.